The van der Waals surface area contributed by atoms with Gasteiger partial charge in [-0.15, -0.1) is 11.3 Å². The molecule has 2 N–H and O–H groups in total. The van der Waals surface area contributed by atoms with E-state index in [9.17, 15) is 14.3 Å². The van der Waals surface area contributed by atoms with Gasteiger partial charge in [-0.2, -0.15) is 0 Å². The van der Waals surface area contributed by atoms with Gasteiger partial charge >= 0.3 is 5.97 Å². The summed E-state index contributed by atoms with van der Waals surface area (Å²) < 4.78 is 13.8. The van der Waals surface area contributed by atoms with Gasteiger partial charge in [-0.1, -0.05) is 24.3 Å². The maximum atomic E-state index is 13.8. The second-order valence-electron chi connectivity index (χ2n) is 5.77. The monoisotopic (exact) mass is 356 g/mol. The molecule has 0 radical (unpaired) electrons. The van der Waals surface area contributed by atoms with Gasteiger partial charge < -0.3 is 10.4 Å². The molecule has 1 aromatic heterocycles. The maximum Gasteiger partial charge on any atom is 0.308 e. The molecule has 0 bridgehead atoms. The molecule has 0 spiro atoms. The Morgan fingerprint density at radius 3 is 2.64 bits per heavy atom. The smallest absolute Gasteiger partial charge is 0.308 e. The predicted octanol–water partition coefficient (Wildman–Crippen LogP) is 4.94. The van der Waals surface area contributed by atoms with E-state index in [1.165, 1.54) is 17.4 Å². The molecule has 0 aliphatic carbocycles. The molecular weight excluding hydrogens is 339 g/mol. The highest BCUT2D eigenvalue weighted by Crippen LogP contribution is 2.34. The molecule has 0 fully saturated rings. The number of anilines is 2. The van der Waals surface area contributed by atoms with Gasteiger partial charge in [0.25, 0.3) is 0 Å². The number of rotatable bonds is 5. The first kappa shape index (κ1) is 17.1. The summed E-state index contributed by atoms with van der Waals surface area (Å²) in [5.41, 5.74) is 4.05. The van der Waals surface area contributed by atoms with Gasteiger partial charge in [0.1, 0.15) is 5.82 Å². The number of carboxylic acids is 1. The average Bonchev–Trinajstić information content (AvgIpc) is 2.94. The zero-order chi connectivity index (χ0) is 18.0. The van der Waals surface area contributed by atoms with Crippen LogP contribution in [0.4, 0.5) is 15.2 Å². The van der Waals surface area contributed by atoms with Gasteiger partial charge in [-0.25, -0.2) is 9.37 Å². The molecule has 2 aromatic carbocycles. The average molecular weight is 356 g/mol. The number of hydrogen-bond acceptors (Lipinski definition) is 4. The van der Waals surface area contributed by atoms with E-state index in [0.717, 1.165) is 16.7 Å². The number of halogens is 1. The summed E-state index contributed by atoms with van der Waals surface area (Å²) in [6.07, 6.45) is -0.126. The Kier molecular flexibility index (Phi) is 4.81. The highest BCUT2D eigenvalue weighted by atomic mass is 32.1. The minimum Gasteiger partial charge on any atom is -0.481 e. The van der Waals surface area contributed by atoms with Crippen LogP contribution < -0.4 is 5.32 Å². The topological polar surface area (TPSA) is 62.2 Å². The molecule has 0 unspecified atom stereocenters. The third kappa shape index (κ3) is 3.85. The number of para-hydroxylation sites is 1. The Labute approximate surface area is 149 Å². The second kappa shape index (κ2) is 7.03. The van der Waals surface area contributed by atoms with E-state index >= 15 is 0 Å². The molecule has 0 atom stereocenters. The summed E-state index contributed by atoms with van der Waals surface area (Å²) in [4.78, 5) is 16.3. The van der Waals surface area contributed by atoms with Gasteiger partial charge in [-0.05, 0) is 43.2 Å². The Bertz CT molecular complexity index is 937. The minimum atomic E-state index is -0.925. The summed E-state index contributed by atoms with van der Waals surface area (Å²) in [7, 11) is 0. The zero-order valence-electron chi connectivity index (χ0n) is 13.8. The molecule has 0 aliphatic heterocycles. The summed E-state index contributed by atoms with van der Waals surface area (Å²) in [6, 6.07) is 12.2. The lowest BCUT2D eigenvalue weighted by Crippen LogP contribution is -1.99. The van der Waals surface area contributed by atoms with Crippen LogP contribution in [0.15, 0.2) is 42.5 Å². The number of benzene rings is 2. The number of carbonyl (C=O) groups is 1. The van der Waals surface area contributed by atoms with Crippen LogP contribution in [0.2, 0.25) is 0 Å². The Morgan fingerprint density at radius 1 is 1.20 bits per heavy atom. The fourth-order valence-corrected chi connectivity index (χ4v) is 3.44. The third-order valence-electron chi connectivity index (χ3n) is 3.90. The number of nitrogens with one attached hydrogen (secondary N) is 1. The quantitative estimate of drug-likeness (QED) is 0.680. The summed E-state index contributed by atoms with van der Waals surface area (Å²) in [5, 5.41) is 12.6. The van der Waals surface area contributed by atoms with Crippen LogP contribution in [0, 0.1) is 19.7 Å². The van der Waals surface area contributed by atoms with Crippen molar-refractivity contribution in [2.75, 3.05) is 5.32 Å². The van der Waals surface area contributed by atoms with Crippen molar-refractivity contribution in [3.8, 4) is 11.3 Å². The highest BCUT2D eigenvalue weighted by Gasteiger charge is 2.17. The molecule has 0 aliphatic rings. The van der Waals surface area contributed by atoms with Crippen LogP contribution in [0.25, 0.3) is 11.3 Å². The van der Waals surface area contributed by atoms with Crippen LogP contribution in [0.3, 0.4) is 0 Å². The summed E-state index contributed by atoms with van der Waals surface area (Å²) in [5.74, 6) is -1.31. The molecule has 3 rings (SSSR count). The number of aliphatic carboxylic acids is 1. The molecule has 0 saturated heterocycles. The van der Waals surface area contributed by atoms with E-state index in [-0.39, 0.29) is 12.2 Å². The van der Waals surface area contributed by atoms with Gasteiger partial charge in [-0.3, -0.25) is 4.79 Å². The molecule has 25 heavy (non-hydrogen) atoms. The van der Waals surface area contributed by atoms with E-state index in [1.54, 1.807) is 18.2 Å². The van der Waals surface area contributed by atoms with Crippen LogP contribution in [0.5, 0.6) is 0 Å². The summed E-state index contributed by atoms with van der Waals surface area (Å²) >= 11 is 1.23. The fraction of sp³-hybridized carbons (Fsp3) is 0.158. The maximum absolute atomic E-state index is 13.8. The number of nitrogens with zero attached hydrogens (tertiary/aromatic N) is 1. The van der Waals surface area contributed by atoms with Crippen molar-refractivity contribution in [3.05, 3.63) is 64.3 Å². The molecule has 1 heterocycles. The number of hydrogen-bond donors (Lipinski definition) is 2. The molecule has 0 amide bonds. The minimum absolute atomic E-state index is 0.126. The van der Waals surface area contributed by atoms with Gasteiger partial charge in [0, 0.05) is 10.4 Å². The highest BCUT2D eigenvalue weighted by molar-refractivity contribution is 7.16. The fourth-order valence-electron chi connectivity index (χ4n) is 2.45. The van der Waals surface area contributed by atoms with E-state index < -0.39 is 5.97 Å². The van der Waals surface area contributed by atoms with Crippen LogP contribution in [-0.4, -0.2) is 16.1 Å². The Hall–Kier alpha value is -2.73. The number of aromatic nitrogens is 1. The van der Waals surface area contributed by atoms with Crippen LogP contribution in [0.1, 0.15) is 16.0 Å². The van der Waals surface area contributed by atoms with Crippen molar-refractivity contribution < 1.29 is 14.3 Å². The first-order valence-electron chi connectivity index (χ1n) is 7.74. The van der Waals surface area contributed by atoms with Crippen molar-refractivity contribution >= 4 is 28.1 Å². The first-order valence-corrected chi connectivity index (χ1v) is 8.56. The number of carboxylic acid groups (broad SMARTS) is 1. The van der Waals surface area contributed by atoms with Gasteiger partial charge in [0.05, 0.1) is 17.8 Å². The molecule has 4 nitrogen and oxygen atoms in total. The first-order chi connectivity index (χ1) is 11.9. The number of thiazole rings is 1. The van der Waals surface area contributed by atoms with Gasteiger partial charge in [0.15, 0.2) is 5.13 Å². The molecule has 3 aromatic rings. The molecule has 6 heteroatoms. The Balaban J connectivity index is 2.01. The lowest BCUT2D eigenvalue weighted by atomic mass is 10.0. The molecule has 0 saturated carbocycles. The van der Waals surface area contributed by atoms with Crippen molar-refractivity contribution in [1.82, 2.24) is 4.98 Å². The van der Waals surface area contributed by atoms with E-state index in [4.69, 9.17) is 0 Å². The third-order valence-corrected chi connectivity index (χ3v) is 4.88. The predicted molar refractivity (Wildman–Crippen MR) is 98.0 cm³/mol. The lowest BCUT2D eigenvalue weighted by molar-refractivity contribution is -0.136. The second-order valence-corrected chi connectivity index (χ2v) is 6.85. The van der Waals surface area contributed by atoms with Crippen molar-refractivity contribution in [3.63, 3.8) is 0 Å². The largest absolute Gasteiger partial charge is 0.481 e. The van der Waals surface area contributed by atoms with E-state index in [1.807, 2.05) is 32.0 Å². The summed E-state index contributed by atoms with van der Waals surface area (Å²) in [6.45, 7) is 4.02. The SMILES string of the molecule is Cc1ccc(-c2nc(Nc3ccccc3F)sc2CC(=O)O)cc1C. The normalized spacial score (nSPS) is 10.7. The van der Waals surface area contributed by atoms with Crippen molar-refractivity contribution in [2.24, 2.45) is 0 Å². The van der Waals surface area contributed by atoms with Crippen LogP contribution >= 0.6 is 11.3 Å². The van der Waals surface area contributed by atoms with Gasteiger partial charge in [0.2, 0.25) is 0 Å². The standard InChI is InChI=1S/C19H17FN2O2S/c1-11-7-8-13(9-12(11)2)18-16(10-17(23)24)25-19(22-18)21-15-6-4-3-5-14(15)20/h3-9H,10H2,1-2H3,(H,21,22)(H,23,24). The number of aryl methyl sites for hydroxylation is 2. The van der Waals surface area contributed by atoms with E-state index in [0.29, 0.717) is 21.4 Å². The molecular formula is C19H17FN2O2S. The van der Waals surface area contributed by atoms with Crippen LogP contribution in [-0.2, 0) is 11.2 Å². The van der Waals surface area contributed by atoms with E-state index in [2.05, 4.69) is 10.3 Å². The lowest BCUT2D eigenvalue weighted by Gasteiger charge is -2.05. The Morgan fingerprint density at radius 2 is 1.96 bits per heavy atom. The van der Waals surface area contributed by atoms with Crippen molar-refractivity contribution in [1.29, 1.82) is 0 Å². The molecule has 128 valence electrons. The van der Waals surface area contributed by atoms with Crippen molar-refractivity contribution in [2.45, 2.75) is 20.3 Å². The zero-order valence-corrected chi connectivity index (χ0v) is 14.7.